The predicted molar refractivity (Wildman–Crippen MR) is 136 cm³/mol. The molecular formula is C29H30FNO5. The molecule has 0 saturated carbocycles. The van der Waals surface area contributed by atoms with E-state index in [1.165, 1.54) is 7.11 Å². The third-order valence-electron chi connectivity index (χ3n) is 6.88. The number of hydrogen-bond acceptors (Lipinski definition) is 6. The maximum absolute atomic E-state index is 12.6. The number of methoxy groups -OCH3 is 1. The fourth-order valence-electron chi connectivity index (χ4n) is 4.88. The van der Waals surface area contributed by atoms with Crippen LogP contribution in [0.4, 0.5) is 4.39 Å². The summed E-state index contributed by atoms with van der Waals surface area (Å²) in [6, 6.07) is 18.1. The van der Waals surface area contributed by atoms with Crippen LogP contribution in [0.1, 0.15) is 29.7 Å². The summed E-state index contributed by atoms with van der Waals surface area (Å²) in [5, 5.41) is 20.2. The lowest BCUT2D eigenvalue weighted by Gasteiger charge is -2.37. The first-order valence-corrected chi connectivity index (χ1v) is 12.1. The van der Waals surface area contributed by atoms with Gasteiger partial charge in [0.05, 0.1) is 13.8 Å². The zero-order chi connectivity index (χ0) is 25.2. The van der Waals surface area contributed by atoms with Crippen LogP contribution in [0, 0.1) is 5.92 Å². The highest BCUT2D eigenvalue weighted by atomic mass is 19.1. The number of nitrogens with zero attached hydrogens (tertiary/aromatic N) is 1. The Kier molecular flexibility index (Phi) is 6.74. The molecule has 36 heavy (non-hydrogen) atoms. The van der Waals surface area contributed by atoms with Crippen LogP contribution in [0.5, 0.6) is 28.7 Å². The van der Waals surface area contributed by atoms with Crippen molar-refractivity contribution >= 4 is 11.1 Å². The predicted octanol–water partition coefficient (Wildman–Crippen LogP) is 5.45. The van der Waals surface area contributed by atoms with Gasteiger partial charge in [0, 0.05) is 36.7 Å². The Morgan fingerprint density at radius 3 is 2.53 bits per heavy atom. The number of halogens is 1. The minimum Gasteiger partial charge on any atom is -0.508 e. The number of fused-ring (bicyclic) bond motifs is 1. The summed E-state index contributed by atoms with van der Waals surface area (Å²) in [5.41, 5.74) is 4.49. The molecule has 1 atom stereocenters. The number of phenolic OH excluding ortho intramolecular Hbond substituents is 2. The third kappa shape index (κ3) is 4.71. The zero-order valence-corrected chi connectivity index (χ0v) is 20.4. The van der Waals surface area contributed by atoms with Gasteiger partial charge in [0.15, 0.2) is 11.5 Å². The lowest BCUT2D eigenvalue weighted by molar-refractivity contribution is 0.0668. The molecule has 0 bridgehead atoms. The minimum atomic E-state index is -0.413. The minimum absolute atomic E-state index is 0.0609. The Morgan fingerprint density at radius 2 is 1.81 bits per heavy atom. The molecule has 0 aliphatic carbocycles. The van der Waals surface area contributed by atoms with Gasteiger partial charge in [-0.05, 0) is 66.1 Å². The number of aromatic hydroxyl groups is 2. The van der Waals surface area contributed by atoms with E-state index in [0.717, 1.165) is 53.2 Å². The quantitative estimate of drug-likeness (QED) is 0.437. The van der Waals surface area contributed by atoms with Crippen molar-refractivity contribution in [3.8, 4) is 28.7 Å². The molecule has 0 radical (unpaired) electrons. The molecule has 3 aromatic carbocycles. The fourth-order valence-corrected chi connectivity index (χ4v) is 4.88. The van der Waals surface area contributed by atoms with Crippen molar-refractivity contribution in [3.05, 3.63) is 77.4 Å². The molecule has 2 aliphatic heterocycles. The monoisotopic (exact) mass is 491 g/mol. The van der Waals surface area contributed by atoms with Gasteiger partial charge in [-0.15, -0.1) is 0 Å². The third-order valence-corrected chi connectivity index (χ3v) is 6.88. The van der Waals surface area contributed by atoms with Crippen molar-refractivity contribution < 1.29 is 28.8 Å². The molecule has 7 heteroatoms. The summed E-state index contributed by atoms with van der Waals surface area (Å²) in [6.45, 7) is 4.68. The van der Waals surface area contributed by atoms with Gasteiger partial charge in [-0.2, -0.15) is 0 Å². The molecule has 1 fully saturated rings. The van der Waals surface area contributed by atoms with Crippen LogP contribution in [0.15, 0.2) is 60.7 Å². The summed E-state index contributed by atoms with van der Waals surface area (Å²) in [6.07, 6.45) is -0.413. The number of allylic oxidation sites excluding steroid dienone is 1. The molecular weight excluding hydrogens is 461 g/mol. The summed E-state index contributed by atoms with van der Waals surface area (Å²) in [7, 11) is 1.52. The summed E-state index contributed by atoms with van der Waals surface area (Å²) in [5.74, 6) is 2.22. The molecule has 2 N–H and O–H groups in total. The molecule has 0 unspecified atom stereocenters. The Bertz CT molecular complexity index is 1270. The molecule has 188 valence electrons. The van der Waals surface area contributed by atoms with Crippen LogP contribution in [0.2, 0.25) is 0 Å². The van der Waals surface area contributed by atoms with E-state index in [9.17, 15) is 14.6 Å². The molecule has 2 aliphatic rings. The highest BCUT2D eigenvalue weighted by Gasteiger charge is 2.30. The van der Waals surface area contributed by atoms with E-state index in [0.29, 0.717) is 18.1 Å². The first-order valence-electron chi connectivity index (χ1n) is 12.1. The number of likely N-dealkylation sites (tertiary alicyclic amines) is 1. The van der Waals surface area contributed by atoms with Gasteiger partial charge in [-0.3, -0.25) is 9.29 Å². The van der Waals surface area contributed by atoms with E-state index in [4.69, 9.17) is 14.2 Å². The largest absolute Gasteiger partial charge is 0.508 e. The normalized spacial score (nSPS) is 17.8. The molecule has 0 amide bonds. The van der Waals surface area contributed by atoms with E-state index in [1.54, 1.807) is 30.3 Å². The summed E-state index contributed by atoms with van der Waals surface area (Å²) < 4.78 is 30.3. The Hall–Kier alpha value is -3.71. The number of phenols is 2. The van der Waals surface area contributed by atoms with Gasteiger partial charge < -0.3 is 24.4 Å². The van der Waals surface area contributed by atoms with Crippen molar-refractivity contribution in [1.29, 1.82) is 0 Å². The lowest BCUT2D eigenvalue weighted by Crippen LogP contribution is -2.49. The first-order chi connectivity index (χ1) is 17.5. The highest BCUT2D eigenvalue weighted by molar-refractivity contribution is 5.96. The smallest absolute Gasteiger partial charge is 0.161 e. The van der Waals surface area contributed by atoms with Crippen LogP contribution in [0.3, 0.4) is 0 Å². The van der Waals surface area contributed by atoms with Crippen molar-refractivity contribution in [2.45, 2.75) is 13.0 Å². The van der Waals surface area contributed by atoms with Crippen LogP contribution < -0.4 is 14.2 Å². The van der Waals surface area contributed by atoms with Gasteiger partial charge in [0.1, 0.15) is 30.0 Å². The average molecular weight is 492 g/mol. The summed E-state index contributed by atoms with van der Waals surface area (Å²) in [4.78, 5) is 2.19. The molecule has 1 saturated heterocycles. The molecule has 5 rings (SSSR count). The van der Waals surface area contributed by atoms with Crippen molar-refractivity contribution in [1.82, 2.24) is 4.90 Å². The Morgan fingerprint density at radius 1 is 1.03 bits per heavy atom. The van der Waals surface area contributed by atoms with Gasteiger partial charge in [0.2, 0.25) is 0 Å². The second-order valence-electron chi connectivity index (χ2n) is 9.30. The second kappa shape index (κ2) is 10.1. The fraction of sp³-hybridized carbons (Fsp3) is 0.310. The number of ether oxygens (including phenoxy) is 3. The second-order valence-corrected chi connectivity index (χ2v) is 9.30. The lowest BCUT2D eigenvalue weighted by atomic mass is 9.86. The molecule has 0 aromatic heterocycles. The first kappa shape index (κ1) is 24.0. The molecule has 0 spiro atoms. The van der Waals surface area contributed by atoms with Crippen LogP contribution in [0.25, 0.3) is 11.1 Å². The van der Waals surface area contributed by atoms with Gasteiger partial charge in [0.25, 0.3) is 0 Å². The van der Waals surface area contributed by atoms with E-state index in [-0.39, 0.29) is 24.1 Å². The van der Waals surface area contributed by atoms with E-state index >= 15 is 0 Å². The van der Waals surface area contributed by atoms with E-state index < -0.39 is 6.10 Å². The topological polar surface area (TPSA) is 71.4 Å². The SMILES string of the molecule is COc1cc(C2=C(C)c3cc(O)ccc3O[C@@H]2c2ccc(OCCN3CC(CF)C3)cc2)ccc1O. The van der Waals surface area contributed by atoms with Crippen molar-refractivity contribution in [2.75, 3.05) is 40.0 Å². The van der Waals surface area contributed by atoms with Crippen molar-refractivity contribution in [3.63, 3.8) is 0 Å². The zero-order valence-electron chi connectivity index (χ0n) is 20.4. The maximum atomic E-state index is 12.6. The van der Waals surface area contributed by atoms with Crippen LogP contribution in [-0.4, -0.2) is 55.1 Å². The maximum Gasteiger partial charge on any atom is 0.161 e. The van der Waals surface area contributed by atoms with E-state index in [1.807, 2.05) is 37.3 Å². The molecule has 3 aromatic rings. The van der Waals surface area contributed by atoms with Crippen LogP contribution >= 0.6 is 0 Å². The Balaban J connectivity index is 1.41. The van der Waals surface area contributed by atoms with E-state index in [2.05, 4.69) is 4.90 Å². The number of hydrogen-bond donors (Lipinski definition) is 2. The highest BCUT2D eigenvalue weighted by Crippen LogP contribution is 2.48. The standard InChI is InChI=1S/C29H30FNO5/c1-18-24-14-22(32)6-10-26(24)36-29(28(18)21-5-9-25(33)27(13-21)34-2)20-3-7-23(8-4-20)35-12-11-31-16-19(15-30)17-31/h3-10,13-14,19,29,32-33H,11-12,15-17H2,1-2H3/t29-/m1/s1. The summed E-state index contributed by atoms with van der Waals surface area (Å²) >= 11 is 0. The van der Waals surface area contributed by atoms with Crippen LogP contribution in [-0.2, 0) is 0 Å². The van der Waals surface area contributed by atoms with Gasteiger partial charge in [-0.1, -0.05) is 18.2 Å². The molecule has 2 heterocycles. The number of alkyl halides is 1. The van der Waals surface area contributed by atoms with Crippen molar-refractivity contribution in [2.24, 2.45) is 5.92 Å². The molecule has 6 nitrogen and oxygen atoms in total. The number of benzene rings is 3. The average Bonchev–Trinajstić information content (AvgIpc) is 2.86. The number of rotatable bonds is 8. The van der Waals surface area contributed by atoms with Gasteiger partial charge >= 0.3 is 0 Å². The van der Waals surface area contributed by atoms with Gasteiger partial charge in [-0.25, -0.2) is 0 Å². The Labute approximate surface area is 210 Å².